The summed E-state index contributed by atoms with van der Waals surface area (Å²) in [6.45, 7) is 2.80. The number of halogens is 3. The Labute approximate surface area is 206 Å². The average molecular weight is 519 g/mol. The van der Waals surface area contributed by atoms with E-state index in [-0.39, 0.29) is 10.9 Å². The van der Waals surface area contributed by atoms with Gasteiger partial charge in [-0.05, 0) is 70.0 Å². The summed E-state index contributed by atoms with van der Waals surface area (Å²) in [6, 6.07) is 6.63. The standard InChI is InChI=1S/C24H25F3N6O2S/c1-15(24(25,26)27)31-36(34,35)16-6-7-19(30-14-16)22-18(13-28)17-5-4-10-29-23(17)33(22)21-9-8-20(21)32-11-2-3-12-32/h4-7,10,14-15,20-21,31H,2-3,8-9,11-12H2,1H3/t15-,20?,21?/m0/s1. The van der Waals surface area contributed by atoms with Crippen LogP contribution in [0.4, 0.5) is 13.2 Å². The summed E-state index contributed by atoms with van der Waals surface area (Å²) in [5, 5.41) is 10.7. The van der Waals surface area contributed by atoms with Crippen LogP contribution >= 0.6 is 0 Å². The Morgan fingerprint density at radius 2 is 1.86 bits per heavy atom. The van der Waals surface area contributed by atoms with Crippen LogP contribution in [0.2, 0.25) is 0 Å². The minimum Gasteiger partial charge on any atom is -0.318 e. The molecule has 12 heteroatoms. The minimum atomic E-state index is -4.72. The second kappa shape index (κ2) is 9.14. The van der Waals surface area contributed by atoms with Crippen molar-refractivity contribution in [3.63, 3.8) is 0 Å². The molecule has 0 aromatic carbocycles. The topological polar surface area (TPSA) is 104 Å². The average Bonchev–Trinajstić information content (AvgIpc) is 3.44. The summed E-state index contributed by atoms with van der Waals surface area (Å²) >= 11 is 0. The Balaban J connectivity index is 1.56. The van der Waals surface area contributed by atoms with Gasteiger partial charge in [-0.2, -0.15) is 23.2 Å². The van der Waals surface area contributed by atoms with Crippen LogP contribution in [0.15, 0.2) is 41.6 Å². The van der Waals surface area contributed by atoms with Crippen molar-refractivity contribution < 1.29 is 21.6 Å². The molecule has 1 saturated heterocycles. The van der Waals surface area contributed by atoms with E-state index in [4.69, 9.17) is 0 Å². The van der Waals surface area contributed by atoms with Gasteiger partial charge in [0.1, 0.15) is 22.7 Å². The predicted molar refractivity (Wildman–Crippen MR) is 126 cm³/mol. The van der Waals surface area contributed by atoms with Gasteiger partial charge in [0.05, 0.1) is 23.0 Å². The summed E-state index contributed by atoms with van der Waals surface area (Å²) in [7, 11) is -4.45. The van der Waals surface area contributed by atoms with Gasteiger partial charge in [0, 0.05) is 23.8 Å². The van der Waals surface area contributed by atoms with Gasteiger partial charge >= 0.3 is 6.18 Å². The van der Waals surface area contributed by atoms with E-state index in [1.165, 1.54) is 12.1 Å². The van der Waals surface area contributed by atoms with Gasteiger partial charge < -0.3 is 4.57 Å². The lowest BCUT2D eigenvalue weighted by molar-refractivity contribution is -0.147. The molecule has 190 valence electrons. The number of nitrogens with one attached hydrogen (secondary N) is 1. The Hall–Kier alpha value is -3.01. The molecule has 3 atom stereocenters. The number of nitriles is 1. The number of hydrogen-bond donors (Lipinski definition) is 1. The molecule has 2 aliphatic rings. The highest BCUT2D eigenvalue weighted by Gasteiger charge is 2.41. The van der Waals surface area contributed by atoms with E-state index in [0.29, 0.717) is 34.0 Å². The molecule has 1 saturated carbocycles. The molecule has 2 fully saturated rings. The number of rotatable bonds is 6. The first-order valence-electron chi connectivity index (χ1n) is 11.8. The first-order valence-corrected chi connectivity index (χ1v) is 13.3. The van der Waals surface area contributed by atoms with Crippen molar-refractivity contribution in [1.29, 1.82) is 5.26 Å². The lowest BCUT2D eigenvalue weighted by Gasteiger charge is -2.44. The Bertz CT molecular complexity index is 1420. The maximum Gasteiger partial charge on any atom is 0.404 e. The summed E-state index contributed by atoms with van der Waals surface area (Å²) < 4.78 is 67.3. The zero-order chi connectivity index (χ0) is 25.7. The van der Waals surface area contributed by atoms with Crippen LogP contribution in [0.3, 0.4) is 0 Å². The van der Waals surface area contributed by atoms with Crippen LogP contribution < -0.4 is 4.72 Å². The van der Waals surface area contributed by atoms with Crippen molar-refractivity contribution in [2.75, 3.05) is 13.1 Å². The van der Waals surface area contributed by atoms with Gasteiger partial charge in [-0.25, -0.2) is 13.4 Å². The Morgan fingerprint density at radius 1 is 1.14 bits per heavy atom. The number of pyridine rings is 2. The highest BCUT2D eigenvalue weighted by atomic mass is 32.2. The SMILES string of the molecule is C[C@H](NS(=O)(=O)c1ccc(-c2c(C#N)c3cccnc3n2C2CCC2N2CCCC2)nc1)C(F)(F)F. The molecule has 1 aliphatic carbocycles. The van der Waals surface area contributed by atoms with E-state index < -0.39 is 22.2 Å². The summed E-state index contributed by atoms with van der Waals surface area (Å²) in [6.07, 6.45) is 2.23. The molecule has 36 heavy (non-hydrogen) atoms. The second-order valence-corrected chi connectivity index (χ2v) is 11.0. The van der Waals surface area contributed by atoms with Crippen LogP contribution in [0.25, 0.3) is 22.4 Å². The van der Waals surface area contributed by atoms with Crippen molar-refractivity contribution in [3.05, 3.63) is 42.2 Å². The molecule has 2 unspecified atom stereocenters. The van der Waals surface area contributed by atoms with Crippen LogP contribution in [-0.2, 0) is 10.0 Å². The van der Waals surface area contributed by atoms with E-state index in [1.807, 2.05) is 10.6 Å². The maximum absolute atomic E-state index is 12.9. The largest absolute Gasteiger partial charge is 0.404 e. The van der Waals surface area contributed by atoms with Crippen LogP contribution in [0, 0.1) is 11.3 Å². The van der Waals surface area contributed by atoms with Gasteiger partial charge in [0.2, 0.25) is 10.0 Å². The summed E-state index contributed by atoms with van der Waals surface area (Å²) in [4.78, 5) is 10.9. The first-order chi connectivity index (χ1) is 17.1. The van der Waals surface area contributed by atoms with E-state index in [0.717, 1.165) is 51.9 Å². The molecule has 3 aromatic heterocycles. The van der Waals surface area contributed by atoms with Crippen LogP contribution in [0.1, 0.15) is 44.2 Å². The molecule has 0 radical (unpaired) electrons. The van der Waals surface area contributed by atoms with Crippen LogP contribution in [0.5, 0.6) is 0 Å². The third-order valence-corrected chi connectivity index (χ3v) is 8.66. The highest BCUT2D eigenvalue weighted by Crippen LogP contribution is 2.44. The monoisotopic (exact) mass is 518 g/mol. The lowest BCUT2D eigenvalue weighted by atomic mass is 9.84. The molecular formula is C24H25F3N6O2S. The van der Waals surface area contributed by atoms with Crippen molar-refractivity contribution in [2.45, 2.75) is 61.8 Å². The fourth-order valence-corrected chi connectivity index (χ4v) is 6.31. The van der Waals surface area contributed by atoms with Gasteiger partial charge in [0.15, 0.2) is 0 Å². The number of hydrogen-bond acceptors (Lipinski definition) is 6. The molecule has 0 spiro atoms. The van der Waals surface area contributed by atoms with Crippen molar-refractivity contribution in [3.8, 4) is 17.5 Å². The molecule has 1 aliphatic heterocycles. The summed E-state index contributed by atoms with van der Waals surface area (Å²) in [5.41, 5.74) is 1.95. The normalized spacial score (nSPS) is 21.9. The first kappa shape index (κ1) is 24.7. The number of likely N-dealkylation sites (tertiary alicyclic amines) is 1. The number of fused-ring (bicyclic) bond motifs is 1. The van der Waals surface area contributed by atoms with E-state index >= 15 is 0 Å². The molecule has 8 nitrogen and oxygen atoms in total. The van der Waals surface area contributed by atoms with Gasteiger partial charge in [-0.1, -0.05) is 0 Å². The van der Waals surface area contributed by atoms with Crippen molar-refractivity contribution in [1.82, 2.24) is 24.2 Å². The zero-order valence-corrected chi connectivity index (χ0v) is 20.3. The molecule has 1 N–H and O–H groups in total. The molecule has 3 aromatic rings. The number of nitrogens with zero attached hydrogens (tertiary/aromatic N) is 5. The smallest absolute Gasteiger partial charge is 0.318 e. The Morgan fingerprint density at radius 3 is 2.44 bits per heavy atom. The third kappa shape index (κ3) is 4.25. The fraction of sp³-hybridized carbons (Fsp3) is 0.458. The molecule has 4 heterocycles. The van der Waals surface area contributed by atoms with Crippen molar-refractivity contribution >= 4 is 21.1 Å². The van der Waals surface area contributed by atoms with Gasteiger partial charge in [-0.15, -0.1) is 0 Å². The van der Waals surface area contributed by atoms with E-state index in [1.54, 1.807) is 17.0 Å². The number of sulfonamides is 1. The third-order valence-electron chi connectivity index (χ3n) is 7.13. The van der Waals surface area contributed by atoms with Crippen LogP contribution in [-0.4, -0.2) is 59.2 Å². The van der Waals surface area contributed by atoms with Gasteiger partial charge in [0.25, 0.3) is 0 Å². The fourth-order valence-electron chi connectivity index (χ4n) is 5.14. The number of aromatic nitrogens is 3. The van der Waals surface area contributed by atoms with E-state index in [2.05, 4.69) is 20.9 Å². The predicted octanol–water partition coefficient (Wildman–Crippen LogP) is 4.00. The molecule has 0 amide bonds. The lowest BCUT2D eigenvalue weighted by Crippen LogP contribution is -2.46. The quantitative estimate of drug-likeness (QED) is 0.529. The summed E-state index contributed by atoms with van der Waals surface area (Å²) in [5.74, 6) is 0. The van der Waals surface area contributed by atoms with Gasteiger partial charge in [-0.3, -0.25) is 9.88 Å². The second-order valence-electron chi connectivity index (χ2n) is 9.30. The highest BCUT2D eigenvalue weighted by molar-refractivity contribution is 7.89. The molecular weight excluding hydrogens is 493 g/mol. The molecule has 5 rings (SSSR count). The van der Waals surface area contributed by atoms with E-state index in [9.17, 15) is 26.9 Å². The maximum atomic E-state index is 12.9. The zero-order valence-electron chi connectivity index (χ0n) is 19.5. The molecule has 0 bridgehead atoms. The minimum absolute atomic E-state index is 0.0807. The van der Waals surface area contributed by atoms with Crippen molar-refractivity contribution in [2.24, 2.45) is 0 Å². The number of alkyl halides is 3. The Kier molecular flexibility index (Phi) is 6.26.